The maximum absolute atomic E-state index is 4.19. The Labute approximate surface area is 75.4 Å². The highest BCUT2D eigenvalue weighted by Gasteiger charge is 2.19. The fourth-order valence-corrected chi connectivity index (χ4v) is 1.75. The SMILES string of the molecule is CSc1ncnc2c1NCN2C. The molecule has 0 aliphatic carbocycles. The molecule has 2 rings (SSSR count). The van der Waals surface area contributed by atoms with Crippen LogP contribution in [0.2, 0.25) is 0 Å². The van der Waals surface area contributed by atoms with E-state index < -0.39 is 0 Å². The number of rotatable bonds is 1. The second kappa shape index (κ2) is 2.82. The first kappa shape index (κ1) is 7.67. The van der Waals surface area contributed by atoms with Gasteiger partial charge in [-0.1, -0.05) is 0 Å². The minimum atomic E-state index is 0.821. The van der Waals surface area contributed by atoms with Crippen LogP contribution in [-0.4, -0.2) is 29.9 Å². The van der Waals surface area contributed by atoms with Crippen LogP contribution in [0.3, 0.4) is 0 Å². The van der Waals surface area contributed by atoms with E-state index in [1.807, 2.05) is 13.3 Å². The van der Waals surface area contributed by atoms with Gasteiger partial charge in [-0.25, -0.2) is 9.97 Å². The lowest BCUT2D eigenvalue weighted by molar-refractivity contribution is 0.994. The third kappa shape index (κ3) is 1.01. The molecule has 1 aliphatic rings. The van der Waals surface area contributed by atoms with Crippen LogP contribution in [0.25, 0.3) is 0 Å². The fourth-order valence-electron chi connectivity index (χ4n) is 1.23. The summed E-state index contributed by atoms with van der Waals surface area (Å²) >= 11 is 1.64. The van der Waals surface area contributed by atoms with Crippen molar-refractivity contribution in [2.75, 3.05) is 30.2 Å². The van der Waals surface area contributed by atoms with Crippen molar-refractivity contribution in [1.29, 1.82) is 0 Å². The highest BCUT2D eigenvalue weighted by Crippen LogP contribution is 2.33. The highest BCUT2D eigenvalue weighted by atomic mass is 32.2. The van der Waals surface area contributed by atoms with Crippen molar-refractivity contribution in [2.24, 2.45) is 0 Å². The molecule has 1 aliphatic heterocycles. The third-order valence-electron chi connectivity index (χ3n) is 1.84. The van der Waals surface area contributed by atoms with E-state index in [-0.39, 0.29) is 0 Å². The Bertz CT molecular complexity index is 301. The second-order valence-corrected chi connectivity index (χ2v) is 3.41. The van der Waals surface area contributed by atoms with Crippen LogP contribution in [-0.2, 0) is 0 Å². The molecule has 1 aromatic rings. The van der Waals surface area contributed by atoms with Crippen molar-refractivity contribution in [3.63, 3.8) is 0 Å². The average Bonchev–Trinajstić information content (AvgIpc) is 2.48. The Morgan fingerprint density at radius 3 is 3.17 bits per heavy atom. The van der Waals surface area contributed by atoms with Crippen LogP contribution in [0.4, 0.5) is 11.5 Å². The van der Waals surface area contributed by atoms with Crippen LogP contribution in [0.15, 0.2) is 11.4 Å². The topological polar surface area (TPSA) is 41.1 Å². The van der Waals surface area contributed by atoms with Gasteiger partial charge < -0.3 is 10.2 Å². The number of nitrogens with one attached hydrogen (secondary N) is 1. The minimum Gasteiger partial charge on any atom is -0.363 e. The molecule has 4 nitrogen and oxygen atoms in total. The normalized spacial score (nSPS) is 14.3. The Balaban J connectivity index is 2.50. The molecule has 0 amide bonds. The molecule has 64 valence electrons. The van der Waals surface area contributed by atoms with Crippen molar-refractivity contribution in [2.45, 2.75) is 5.03 Å². The van der Waals surface area contributed by atoms with Crippen LogP contribution in [0, 0.1) is 0 Å². The van der Waals surface area contributed by atoms with Gasteiger partial charge in [0.2, 0.25) is 0 Å². The van der Waals surface area contributed by atoms with Crippen LogP contribution in [0.5, 0.6) is 0 Å². The Hall–Kier alpha value is -0.970. The van der Waals surface area contributed by atoms with Crippen molar-refractivity contribution >= 4 is 23.3 Å². The summed E-state index contributed by atoms with van der Waals surface area (Å²) in [6.07, 6.45) is 3.62. The lowest BCUT2D eigenvalue weighted by Crippen LogP contribution is -2.16. The van der Waals surface area contributed by atoms with Crippen molar-refractivity contribution in [1.82, 2.24) is 9.97 Å². The first-order chi connectivity index (χ1) is 5.83. The predicted octanol–water partition coefficient (Wildman–Crippen LogP) is 1.02. The van der Waals surface area contributed by atoms with Gasteiger partial charge in [-0.15, -0.1) is 11.8 Å². The number of nitrogens with zero attached hydrogens (tertiary/aromatic N) is 3. The quantitative estimate of drug-likeness (QED) is 0.518. The molecule has 0 radical (unpaired) electrons. The van der Waals surface area contributed by atoms with E-state index in [1.165, 1.54) is 0 Å². The van der Waals surface area contributed by atoms with Gasteiger partial charge in [0.25, 0.3) is 0 Å². The van der Waals surface area contributed by atoms with Gasteiger partial charge in [-0.2, -0.15) is 0 Å². The van der Waals surface area contributed by atoms with E-state index in [1.54, 1.807) is 18.1 Å². The molecule has 0 atom stereocenters. The molecule has 0 spiro atoms. The van der Waals surface area contributed by atoms with Gasteiger partial charge in [0.1, 0.15) is 17.0 Å². The lowest BCUT2D eigenvalue weighted by Gasteiger charge is -2.07. The first-order valence-electron chi connectivity index (χ1n) is 3.67. The van der Waals surface area contributed by atoms with Crippen molar-refractivity contribution in [3.05, 3.63) is 6.33 Å². The molecule has 0 saturated carbocycles. The van der Waals surface area contributed by atoms with E-state index in [0.29, 0.717) is 0 Å². The molecule has 0 unspecified atom stereocenters. The first-order valence-corrected chi connectivity index (χ1v) is 4.89. The number of hydrogen-bond acceptors (Lipinski definition) is 5. The molecule has 0 fully saturated rings. The van der Waals surface area contributed by atoms with Gasteiger partial charge in [0, 0.05) is 7.05 Å². The Morgan fingerprint density at radius 2 is 2.42 bits per heavy atom. The van der Waals surface area contributed by atoms with Crippen molar-refractivity contribution < 1.29 is 0 Å². The highest BCUT2D eigenvalue weighted by molar-refractivity contribution is 7.98. The van der Waals surface area contributed by atoms with E-state index in [9.17, 15) is 0 Å². The third-order valence-corrected chi connectivity index (χ3v) is 2.54. The molecule has 0 aromatic carbocycles. The standard InChI is InChI=1S/C7H10N4S/c1-11-4-10-5-6(11)8-3-9-7(5)12-2/h3,10H,4H2,1-2H3. The number of aromatic nitrogens is 2. The zero-order chi connectivity index (χ0) is 8.55. The van der Waals surface area contributed by atoms with Crippen LogP contribution < -0.4 is 10.2 Å². The Kier molecular flexibility index (Phi) is 1.80. The van der Waals surface area contributed by atoms with Gasteiger partial charge >= 0.3 is 0 Å². The molecule has 12 heavy (non-hydrogen) atoms. The number of thioether (sulfide) groups is 1. The summed E-state index contributed by atoms with van der Waals surface area (Å²) in [4.78, 5) is 10.4. The van der Waals surface area contributed by atoms with E-state index >= 15 is 0 Å². The average molecular weight is 182 g/mol. The maximum Gasteiger partial charge on any atom is 0.157 e. The zero-order valence-electron chi connectivity index (χ0n) is 7.03. The van der Waals surface area contributed by atoms with Gasteiger partial charge in [-0.05, 0) is 6.26 Å². The number of fused-ring (bicyclic) bond motifs is 1. The summed E-state index contributed by atoms with van der Waals surface area (Å²) in [5, 5.41) is 4.27. The van der Waals surface area contributed by atoms with Crippen LogP contribution in [0.1, 0.15) is 0 Å². The second-order valence-electron chi connectivity index (χ2n) is 2.61. The van der Waals surface area contributed by atoms with Crippen molar-refractivity contribution in [3.8, 4) is 0 Å². The summed E-state index contributed by atoms with van der Waals surface area (Å²) in [6.45, 7) is 0.821. The number of hydrogen-bond donors (Lipinski definition) is 1. The summed E-state index contributed by atoms with van der Waals surface area (Å²) in [5.41, 5.74) is 1.06. The summed E-state index contributed by atoms with van der Waals surface area (Å²) in [7, 11) is 2.01. The molecule has 1 N–H and O–H groups in total. The lowest BCUT2D eigenvalue weighted by atomic mass is 10.5. The number of anilines is 2. The van der Waals surface area contributed by atoms with E-state index in [0.717, 1.165) is 23.2 Å². The molecule has 0 saturated heterocycles. The monoisotopic (exact) mass is 182 g/mol. The summed E-state index contributed by atoms with van der Waals surface area (Å²) in [5.74, 6) is 0.995. The van der Waals surface area contributed by atoms with Gasteiger partial charge in [-0.3, -0.25) is 0 Å². The predicted molar refractivity (Wildman–Crippen MR) is 50.7 cm³/mol. The smallest absolute Gasteiger partial charge is 0.157 e. The molecular weight excluding hydrogens is 172 g/mol. The molecule has 2 heterocycles. The fraction of sp³-hybridized carbons (Fsp3) is 0.429. The zero-order valence-corrected chi connectivity index (χ0v) is 7.85. The summed E-state index contributed by atoms with van der Waals surface area (Å²) in [6, 6.07) is 0. The van der Waals surface area contributed by atoms with Crippen LogP contribution >= 0.6 is 11.8 Å². The van der Waals surface area contributed by atoms with Gasteiger partial charge in [0.15, 0.2) is 5.82 Å². The minimum absolute atomic E-state index is 0.821. The Morgan fingerprint density at radius 1 is 1.58 bits per heavy atom. The maximum atomic E-state index is 4.19. The summed E-state index contributed by atoms with van der Waals surface area (Å²) < 4.78 is 0. The van der Waals surface area contributed by atoms with Gasteiger partial charge in [0.05, 0.1) is 6.67 Å². The largest absolute Gasteiger partial charge is 0.363 e. The van der Waals surface area contributed by atoms with E-state index in [4.69, 9.17) is 0 Å². The molecular formula is C7H10N4S. The molecule has 0 bridgehead atoms. The van der Waals surface area contributed by atoms with E-state index in [2.05, 4.69) is 20.2 Å². The molecule has 1 aromatic heterocycles. The molecule has 5 heteroatoms.